The Morgan fingerprint density at radius 2 is 1.86 bits per heavy atom. The summed E-state index contributed by atoms with van der Waals surface area (Å²) >= 11 is 0. The van der Waals surface area contributed by atoms with E-state index in [1.54, 1.807) is 7.05 Å². The molecule has 0 radical (unpaired) electrons. The Bertz CT molecular complexity index is 730. The molecule has 3 rings (SSSR count). The quantitative estimate of drug-likeness (QED) is 0.390. The number of benzene rings is 1. The Kier molecular flexibility index (Phi) is 7.70. The molecule has 2 heterocycles. The van der Waals surface area contributed by atoms with Crippen LogP contribution in [0, 0.1) is 0 Å². The summed E-state index contributed by atoms with van der Waals surface area (Å²) in [6.07, 6.45) is 1.71. The number of hydrogen-bond acceptors (Lipinski definition) is 5. The van der Waals surface area contributed by atoms with Crippen molar-refractivity contribution in [3.63, 3.8) is 0 Å². The van der Waals surface area contributed by atoms with Gasteiger partial charge in [0.25, 0.3) is 0 Å². The lowest BCUT2D eigenvalue weighted by Gasteiger charge is -2.34. The molecule has 1 unspecified atom stereocenters. The summed E-state index contributed by atoms with van der Waals surface area (Å²) in [5.41, 5.74) is 1.38. The van der Waals surface area contributed by atoms with Gasteiger partial charge in [-0.3, -0.25) is 9.89 Å². The van der Waals surface area contributed by atoms with Gasteiger partial charge in [-0.05, 0) is 24.9 Å². The predicted octanol–water partition coefficient (Wildman–Crippen LogP) is 0.546. The van der Waals surface area contributed by atoms with E-state index in [4.69, 9.17) is 0 Å². The van der Waals surface area contributed by atoms with Gasteiger partial charge in [0, 0.05) is 52.4 Å². The highest BCUT2D eigenvalue weighted by Gasteiger charge is 2.28. The highest BCUT2D eigenvalue weighted by Crippen LogP contribution is 2.11. The molecule has 28 heavy (non-hydrogen) atoms. The van der Waals surface area contributed by atoms with E-state index in [2.05, 4.69) is 55.8 Å². The summed E-state index contributed by atoms with van der Waals surface area (Å²) < 4.78 is 23.1. The maximum absolute atomic E-state index is 11.6. The fourth-order valence-corrected chi connectivity index (χ4v) is 5.49. The van der Waals surface area contributed by atoms with Crippen LogP contribution in [0.5, 0.6) is 0 Å². The molecule has 0 aliphatic carbocycles. The minimum atomic E-state index is -2.87. The van der Waals surface area contributed by atoms with E-state index in [1.807, 2.05) is 0 Å². The number of aliphatic imine (C=N–C) groups is 1. The molecule has 0 bridgehead atoms. The molecule has 0 saturated carbocycles. The summed E-state index contributed by atoms with van der Waals surface area (Å²) in [7, 11) is -1.14. The molecule has 2 aliphatic heterocycles. The monoisotopic (exact) mass is 407 g/mol. The lowest BCUT2D eigenvalue weighted by molar-refractivity contribution is 0.126. The first-order valence-corrected chi connectivity index (χ1v) is 12.0. The molecule has 0 spiro atoms. The van der Waals surface area contributed by atoms with Crippen molar-refractivity contribution in [3.8, 4) is 0 Å². The smallest absolute Gasteiger partial charge is 0.191 e. The lowest BCUT2D eigenvalue weighted by atomic mass is 10.2. The second kappa shape index (κ2) is 10.2. The van der Waals surface area contributed by atoms with E-state index in [-0.39, 0.29) is 17.5 Å². The zero-order valence-corrected chi connectivity index (χ0v) is 17.6. The van der Waals surface area contributed by atoms with Gasteiger partial charge >= 0.3 is 0 Å². The molecule has 2 saturated heterocycles. The number of sulfone groups is 1. The van der Waals surface area contributed by atoms with E-state index in [1.165, 1.54) is 5.56 Å². The van der Waals surface area contributed by atoms with Crippen LogP contribution in [0.2, 0.25) is 0 Å². The third-order valence-electron chi connectivity index (χ3n) is 5.45. The van der Waals surface area contributed by atoms with E-state index >= 15 is 0 Å². The first-order chi connectivity index (χ1) is 13.5. The van der Waals surface area contributed by atoms with Crippen LogP contribution >= 0.6 is 0 Å². The highest BCUT2D eigenvalue weighted by atomic mass is 32.2. The van der Waals surface area contributed by atoms with Gasteiger partial charge in [-0.2, -0.15) is 0 Å². The second-order valence-corrected chi connectivity index (χ2v) is 9.93. The molecule has 1 aromatic carbocycles. The van der Waals surface area contributed by atoms with E-state index in [9.17, 15) is 8.42 Å². The van der Waals surface area contributed by atoms with E-state index in [0.29, 0.717) is 12.4 Å². The third-order valence-corrected chi connectivity index (χ3v) is 7.22. The maximum atomic E-state index is 11.6. The Morgan fingerprint density at radius 1 is 1.14 bits per heavy atom. The number of rotatable bonds is 7. The van der Waals surface area contributed by atoms with Crippen LogP contribution in [0.25, 0.3) is 0 Å². The van der Waals surface area contributed by atoms with Crippen molar-refractivity contribution in [3.05, 3.63) is 35.9 Å². The molecule has 2 fully saturated rings. The molecular weight excluding hydrogens is 374 g/mol. The second-order valence-electron chi connectivity index (χ2n) is 7.70. The van der Waals surface area contributed by atoms with Gasteiger partial charge in [-0.25, -0.2) is 8.42 Å². The first kappa shape index (κ1) is 21.1. The van der Waals surface area contributed by atoms with Crippen LogP contribution in [0.3, 0.4) is 0 Å². The third kappa shape index (κ3) is 6.76. The van der Waals surface area contributed by atoms with Crippen molar-refractivity contribution in [2.24, 2.45) is 4.99 Å². The molecular formula is C20H33N5O2S. The molecule has 8 heteroatoms. The number of hydrogen-bond donors (Lipinski definition) is 2. The number of guanidine groups is 1. The van der Waals surface area contributed by atoms with Crippen LogP contribution in [-0.2, 0) is 16.4 Å². The summed E-state index contributed by atoms with van der Waals surface area (Å²) in [5.74, 6) is 1.19. The van der Waals surface area contributed by atoms with Gasteiger partial charge in [0.2, 0.25) is 0 Å². The predicted molar refractivity (Wildman–Crippen MR) is 114 cm³/mol. The SMILES string of the molecule is CN=C(NCCCN1CCN(Cc2ccccc2)CC1)NC1CCS(=O)(=O)C1. The zero-order valence-electron chi connectivity index (χ0n) is 16.8. The molecule has 7 nitrogen and oxygen atoms in total. The zero-order chi connectivity index (χ0) is 19.8. The number of nitrogens with one attached hydrogen (secondary N) is 2. The topological polar surface area (TPSA) is 77.0 Å². The Labute approximate surface area is 169 Å². The van der Waals surface area contributed by atoms with Crippen molar-refractivity contribution in [2.45, 2.75) is 25.4 Å². The molecule has 0 amide bonds. The van der Waals surface area contributed by atoms with Crippen LogP contribution < -0.4 is 10.6 Å². The largest absolute Gasteiger partial charge is 0.356 e. The van der Waals surface area contributed by atoms with Gasteiger partial charge in [0.15, 0.2) is 15.8 Å². The fraction of sp³-hybridized carbons (Fsp3) is 0.650. The van der Waals surface area contributed by atoms with Crippen molar-refractivity contribution in [2.75, 3.05) is 57.8 Å². The average Bonchev–Trinajstić information content (AvgIpc) is 3.04. The van der Waals surface area contributed by atoms with Crippen LogP contribution in [0.4, 0.5) is 0 Å². The molecule has 2 aliphatic rings. The van der Waals surface area contributed by atoms with E-state index < -0.39 is 9.84 Å². The highest BCUT2D eigenvalue weighted by molar-refractivity contribution is 7.91. The van der Waals surface area contributed by atoms with Crippen molar-refractivity contribution in [1.82, 2.24) is 20.4 Å². The molecule has 2 N–H and O–H groups in total. The van der Waals surface area contributed by atoms with E-state index in [0.717, 1.165) is 52.2 Å². The Balaban J connectivity index is 1.28. The minimum Gasteiger partial charge on any atom is -0.356 e. The summed E-state index contributed by atoms with van der Waals surface area (Å²) in [6.45, 7) is 7.39. The summed E-state index contributed by atoms with van der Waals surface area (Å²) in [6, 6.07) is 10.6. The molecule has 156 valence electrons. The summed E-state index contributed by atoms with van der Waals surface area (Å²) in [5, 5.41) is 6.54. The van der Waals surface area contributed by atoms with Crippen LogP contribution in [-0.4, -0.2) is 88.0 Å². The Morgan fingerprint density at radius 3 is 2.50 bits per heavy atom. The maximum Gasteiger partial charge on any atom is 0.191 e. The standard InChI is InChI=1S/C20H33N5O2S/c1-21-20(23-19-8-15-28(26,27)17-19)22-9-5-10-24-11-13-25(14-12-24)16-18-6-3-2-4-7-18/h2-4,6-7,19H,5,8-17H2,1H3,(H2,21,22,23). The van der Waals surface area contributed by atoms with Gasteiger partial charge < -0.3 is 15.5 Å². The van der Waals surface area contributed by atoms with Gasteiger partial charge in [0.1, 0.15) is 0 Å². The van der Waals surface area contributed by atoms with Gasteiger partial charge in [-0.1, -0.05) is 30.3 Å². The molecule has 1 aromatic rings. The normalized spacial score (nSPS) is 23.6. The molecule has 1 atom stereocenters. The van der Waals surface area contributed by atoms with Crippen molar-refractivity contribution >= 4 is 15.8 Å². The van der Waals surface area contributed by atoms with Crippen LogP contribution in [0.1, 0.15) is 18.4 Å². The fourth-order valence-electron chi connectivity index (χ4n) is 3.82. The van der Waals surface area contributed by atoms with Gasteiger partial charge in [0.05, 0.1) is 11.5 Å². The van der Waals surface area contributed by atoms with Gasteiger partial charge in [-0.15, -0.1) is 0 Å². The number of piperazine rings is 1. The van der Waals surface area contributed by atoms with Crippen LogP contribution in [0.15, 0.2) is 35.3 Å². The summed E-state index contributed by atoms with van der Waals surface area (Å²) in [4.78, 5) is 9.25. The number of nitrogens with zero attached hydrogens (tertiary/aromatic N) is 3. The average molecular weight is 408 g/mol. The van der Waals surface area contributed by atoms with Crippen molar-refractivity contribution < 1.29 is 8.42 Å². The lowest BCUT2D eigenvalue weighted by Crippen LogP contribution is -2.47. The molecule has 0 aromatic heterocycles. The Hall–Kier alpha value is -1.64. The minimum absolute atomic E-state index is 0.0195. The van der Waals surface area contributed by atoms with Crippen molar-refractivity contribution in [1.29, 1.82) is 0 Å². The first-order valence-electron chi connectivity index (χ1n) is 10.2.